The van der Waals surface area contributed by atoms with Crippen molar-refractivity contribution >= 4 is 27.3 Å². The zero-order valence-electron chi connectivity index (χ0n) is 14.2. The summed E-state index contributed by atoms with van der Waals surface area (Å²) in [5, 5.41) is 0.667. The number of benzene rings is 1. The molecule has 2 fully saturated rings. The van der Waals surface area contributed by atoms with Crippen molar-refractivity contribution in [2.45, 2.75) is 18.6 Å². The van der Waals surface area contributed by atoms with Crippen molar-refractivity contribution in [2.75, 3.05) is 44.8 Å². The first-order valence-electron chi connectivity index (χ1n) is 8.39. The number of ether oxygens (including phenoxy) is 1. The van der Waals surface area contributed by atoms with Crippen molar-refractivity contribution in [3.8, 4) is 0 Å². The summed E-state index contributed by atoms with van der Waals surface area (Å²) in [5.41, 5.74) is 0.997. The zero-order chi connectivity index (χ0) is 18.0. The van der Waals surface area contributed by atoms with Gasteiger partial charge in [0.2, 0.25) is 5.91 Å². The van der Waals surface area contributed by atoms with Crippen molar-refractivity contribution in [2.24, 2.45) is 0 Å². The van der Waals surface area contributed by atoms with E-state index in [9.17, 15) is 13.2 Å². The van der Waals surface area contributed by atoms with Crippen molar-refractivity contribution in [3.05, 3.63) is 34.9 Å². The number of likely N-dealkylation sites (N-methyl/N-ethyl adjacent to an activating group) is 1. The lowest BCUT2D eigenvalue weighted by molar-refractivity contribution is -0.140. The summed E-state index contributed by atoms with van der Waals surface area (Å²) in [6, 6.07) is 7.39. The van der Waals surface area contributed by atoms with Gasteiger partial charge >= 0.3 is 0 Å². The summed E-state index contributed by atoms with van der Waals surface area (Å²) in [7, 11) is -1.13. The number of hydrogen-bond acceptors (Lipinski definition) is 5. The second-order valence-electron chi connectivity index (χ2n) is 6.72. The minimum atomic E-state index is -2.95. The highest BCUT2D eigenvalue weighted by Gasteiger charge is 2.33. The van der Waals surface area contributed by atoms with Gasteiger partial charge in [-0.05, 0) is 31.2 Å². The molecule has 0 aromatic heterocycles. The minimum Gasteiger partial charge on any atom is -0.370 e. The first-order valence-corrected chi connectivity index (χ1v) is 10.6. The van der Waals surface area contributed by atoms with Crippen LogP contribution in [-0.4, -0.2) is 75.0 Å². The third kappa shape index (κ3) is 4.73. The number of sulfone groups is 1. The molecule has 8 heteroatoms. The number of hydrogen-bond donors (Lipinski definition) is 0. The number of morpholine rings is 1. The van der Waals surface area contributed by atoms with Gasteiger partial charge in [-0.2, -0.15) is 0 Å². The van der Waals surface area contributed by atoms with E-state index in [0.29, 0.717) is 31.1 Å². The Bertz CT molecular complexity index is 723. The van der Waals surface area contributed by atoms with E-state index in [0.717, 1.165) is 5.56 Å². The van der Waals surface area contributed by atoms with Crippen LogP contribution in [0.1, 0.15) is 18.1 Å². The van der Waals surface area contributed by atoms with Crippen LogP contribution in [-0.2, 0) is 19.4 Å². The molecule has 1 aromatic rings. The SMILES string of the molecule is CN(CC(=O)N1CCOC(c2ccc(Cl)cc2)C1)C1CCS(=O)(=O)C1. The standard InChI is InChI=1S/C17H23ClN2O4S/c1-19(15-6-9-25(22,23)12-15)11-17(21)20-7-8-24-16(10-20)13-2-4-14(18)5-3-13/h2-5,15-16H,6-12H2,1H3. The Morgan fingerprint density at radius 1 is 1.36 bits per heavy atom. The predicted molar refractivity (Wildman–Crippen MR) is 96.4 cm³/mol. The minimum absolute atomic E-state index is 0.00839. The first-order chi connectivity index (χ1) is 11.8. The average molecular weight is 387 g/mol. The van der Waals surface area contributed by atoms with Gasteiger partial charge in [-0.25, -0.2) is 8.42 Å². The second-order valence-corrected chi connectivity index (χ2v) is 9.39. The molecule has 0 saturated carbocycles. The molecule has 3 rings (SSSR count). The highest BCUT2D eigenvalue weighted by atomic mass is 35.5. The highest BCUT2D eigenvalue weighted by molar-refractivity contribution is 7.91. The molecule has 0 aliphatic carbocycles. The molecule has 0 radical (unpaired) electrons. The normalized spacial score (nSPS) is 26.1. The van der Waals surface area contributed by atoms with Gasteiger partial charge in [0.25, 0.3) is 0 Å². The van der Waals surface area contributed by atoms with Gasteiger partial charge in [-0.15, -0.1) is 0 Å². The molecule has 0 N–H and O–H groups in total. The summed E-state index contributed by atoms with van der Waals surface area (Å²) in [5.74, 6) is 0.369. The van der Waals surface area contributed by atoms with Gasteiger partial charge in [-0.1, -0.05) is 23.7 Å². The van der Waals surface area contributed by atoms with Crippen LogP contribution < -0.4 is 0 Å². The largest absolute Gasteiger partial charge is 0.370 e. The Kier molecular flexibility index (Phi) is 5.68. The number of halogens is 1. The number of carbonyl (C=O) groups is 1. The lowest BCUT2D eigenvalue weighted by atomic mass is 10.1. The molecule has 2 saturated heterocycles. The monoisotopic (exact) mass is 386 g/mol. The number of amides is 1. The maximum Gasteiger partial charge on any atom is 0.236 e. The van der Waals surface area contributed by atoms with Crippen LogP contribution >= 0.6 is 11.6 Å². The van der Waals surface area contributed by atoms with Crippen LogP contribution in [0.5, 0.6) is 0 Å². The first kappa shape index (κ1) is 18.6. The summed E-state index contributed by atoms with van der Waals surface area (Å²) in [4.78, 5) is 16.3. The lowest BCUT2D eigenvalue weighted by Crippen LogP contribution is -2.48. The molecule has 0 spiro atoms. The predicted octanol–water partition coefficient (Wildman–Crippen LogP) is 1.36. The van der Waals surface area contributed by atoms with Crippen molar-refractivity contribution in [3.63, 3.8) is 0 Å². The lowest BCUT2D eigenvalue weighted by Gasteiger charge is -2.35. The van der Waals surface area contributed by atoms with Crippen LogP contribution in [0.4, 0.5) is 0 Å². The molecule has 1 aromatic carbocycles. The fraction of sp³-hybridized carbons (Fsp3) is 0.588. The summed E-state index contributed by atoms with van der Waals surface area (Å²) in [6.45, 7) is 1.77. The van der Waals surface area contributed by atoms with E-state index in [1.165, 1.54) is 0 Å². The summed E-state index contributed by atoms with van der Waals surface area (Å²) in [6.07, 6.45) is 0.440. The molecule has 0 bridgehead atoms. The molecule has 25 heavy (non-hydrogen) atoms. The van der Waals surface area contributed by atoms with Crippen LogP contribution in [0.2, 0.25) is 5.02 Å². The average Bonchev–Trinajstić information content (AvgIpc) is 2.96. The molecular weight excluding hydrogens is 364 g/mol. The fourth-order valence-corrected chi connectivity index (χ4v) is 5.25. The van der Waals surface area contributed by atoms with Gasteiger partial charge in [0.15, 0.2) is 9.84 Å². The van der Waals surface area contributed by atoms with E-state index in [1.807, 2.05) is 36.2 Å². The summed E-state index contributed by atoms with van der Waals surface area (Å²) >= 11 is 5.92. The van der Waals surface area contributed by atoms with Gasteiger partial charge in [0, 0.05) is 17.6 Å². The van der Waals surface area contributed by atoms with E-state index in [2.05, 4.69) is 0 Å². The second kappa shape index (κ2) is 7.61. The molecular formula is C17H23ClN2O4S. The zero-order valence-corrected chi connectivity index (χ0v) is 15.8. The van der Waals surface area contributed by atoms with Crippen LogP contribution in [0, 0.1) is 0 Å². The van der Waals surface area contributed by atoms with E-state index in [4.69, 9.17) is 16.3 Å². The van der Waals surface area contributed by atoms with E-state index >= 15 is 0 Å². The molecule has 2 aliphatic rings. The molecule has 6 nitrogen and oxygen atoms in total. The molecule has 2 unspecified atom stereocenters. The molecule has 1 amide bonds. The maximum atomic E-state index is 12.6. The number of rotatable bonds is 4. The van der Waals surface area contributed by atoms with E-state index < -0.39 is 9.84 Å². The number of carbonyl (C=O) groups excluding carboxylic acids is 1. The molecule has 138 valence electrons. The quantitative estimate of drug-likeness (QED) is 0.781. The van der Waals surface area contributed by atoms with Crippen LogP contribution in [0.3, 0.4) is 0 Å². The maximum absolute atomic E-state index is 12.6. The van der Waals surface area contributed by atoms with Gasteiger partial charge in [0.05, 0.1) is 31.2 Å². The Morgan fingerprint density at radius 2 is 2.08 bits per heavy atom. The van der Waals surface area contributed by atoms with Gasteiger partial charge < -0.3 is 9.64 Å². The van der Waals surface area contributed by atoms with Crippen molar-refractivity contribution in [1.29, 1.82) is 0 Å². The highest BCUT2D eigenvalue weighted by Crippen LogP contribution is 2.24. The summed E-state index contributed by atoms with van der Waals surface area (Å²) < 4.78 is 29.0. The smallest absolute Gasteiger partial charge is 0.236 e. The number of nitrogens with zero attached hydrogens (tertiary/aromatic N) is 2. The van der Waals surface area contributed by atoms with Gasteiger partial charge in [-0.3, -0.25) is 9.69 Å². The Labute approximate surface area is 153 Å². The van der Waals surface area contributed by atoms with Crippen molar-refractivity contribution < 1.29 is 17.9 Å². The Balaban J connectivity index is 1.57. The van der Waals surface area contributed by atoms with Crippen molar-refractivity contribution in [1.82, 2.24) is 9.80 Å². The van der Waals surface area contributed by atoms with Gasteiger partial charge in [0.1, 0.15) is 6.10 Å². The molecule has 2 heterocycles. The van der Waals surface area contributed by atoms with E-state index in [1.54, 1.807) is 4.90 Å². The Hall–Kier alpha value is -1.15. The third-order valence-electron chi connectivity index (χ3n) is 4.88. The molecule has 2 atom stereocenters. The topological polar surface area (TPSA) is 66.9 Å². The van der Waals surface area contributed by atoms with E-state index in [-0.39, 0.29) is 36.1 Å². The molecule has 2 aliphatic heterocycles. The fourth-order valence-electron chi connectivity index (χ4n) is 3.32. The Morgan fingerprint density at radius 3 is 2.72 bits per heavy atom. The third-order valence-corrected chi connectivity index (χ3v) is 6.88. The van der Waals surface area contributed by atoms with Crippen LogP contribution in [0.15, 0.2) is 24.3 Å². The van der Waals surface area contributed by atoms with Crippen LogP contribution in [0.25, 0.3) is 0 Å².